The van der Waals surface area contributed by atoms with Crippen LogP contribution in [0.25, 0.3) is 0 Å². The highest BCUT2D eigenvalue weighted by atomic mass is 32.2. The molecule has 0 aromatic carbocycles. The highest BCUT2D eigenvalue weighted by molar-refractivity contribution is 7.87. The van der Waals surface area contributed by atoms with Crippen LogP contribution in [0.2, 0.25) is 0 Å². The molecule has 0 radical (unpaired) electrons. The first-order valence-corrected chi connectivity index (χ1v) is 2.17. The van der Waals surface area contributed by atoms with Crippen molar-refractivity contribution in [3.8, 4) is 0 Å². The molecule has 0 saturated heterocycles. The predicted octanol–water partition coefficient (Wildman–Crippen LogP) is -0.941. The number of nitrogens with zero attached hydrogens (tertiary/aromatic N) is 1. The fourth-order valence-corrected chi connectivity index (χ4v) is 0.0791. The zero-order valence-electron chi connectivity index (χ0n) is 2.84. The Kier molecular flexibility index (Phi) is 2.95. The normalized spacial score (nSPS) is 13.7. The summed E-state index contributed by atoms with van der Waals surface area (Å²) >= 11 is -1.71. The van der Waals surface area contributed by atoms with Gasteiger partial charge in [-0.2, -0.15) is 5.53 Å². The van der Waals surface area contributed by atoms with Gasteiger partial charge in [-0.15, -0.1) is 0 Å². The van der Waals surface area contributed by atoms with Gasteiger partial charge in [0, 0.05) is 0 Å². The maximum atomic E-state index is 9.70. The number of rotatable bonds is 2. The molecule has 0 aliphatic rings. The number of nitrogens with one attached hydrogen (secondary N) is 2. The molecule has 6 heteroatoms. The van der Waals surface area contributed by atoms with E-state index in [-0.39, 0.29) is 0 Å². The van der Waals surface area contributed by atoms with Crippen LogP contribution in [0, 0.1) is 5.53 Å². The summed E-state index contributed by atoms with van der Waals surface area (Å²) in [5, 5.41) is 0. The smallest absolute Gasteiger partial charge is 0.229 e. The number of hydrazine groups is 1. The van der Waals surface area contributed by atoms with E-state index in [1.807, 2.05) is 0 Å². The van der Waals surface area contributed by atoms with Gasteiger partial charge >= 0.3 is 0 Å². The molecular formula is H4N4OS. The van der Waals surface area contributed by atoms with Crippen molar-refractivity contribution in [1.29, 1.82) is 5.53 Å². The van der Waals surface area contributed by atoms with Crippen LogP contribution in [0.5, 0.6) is 0 Å². The number of hydrogen-bond donors (Lipinski definition) is 3. The van der Waals surface area contributed by atoms with Gasteiger partial charge in [0.2, 0.25) is 11.5 Å². The Hall–Kier alpha value is -0.170. The molecule has 0 aliphatic carbocycles. The van der Waals surface area contributed by atoms with Gasteiger partial charge in [-0.25, -0.2) is 5.84 Å². The second-order valence-electron chi connectivity index (χ2n) is 0.458. The Morgan fingerprint density at radius 2 is 2.50 bits per heavy atom. The lowest BCUT2D eigenvalue weighted by molar-refractivity contribution is 0.581. The molecule has 0 aromatic rings. The zero-order valence-corrected chi connectivity index (χ0v) is 3.66. The van der Waals surface area contributed by atoms with E-state index in [9.17, 15) is 4.55 Å². The molecule has 1 unspecified atom stereocenters. The Balaban J connectivity index is 2.96. The molecule has 0 rings (SSSR count). The van der Waals surface area contributed by atoms with E-state index < -0.39 is 11.5 Å². The Morgan fingerprint density at radius 3 is 2.50 bits per heavy atom. The van der Waals surface area contributed by atoms with Crippen LogP contribution in [0.1, 0.15) is 0 Å². The van der Waals surface area contributed by atoms with Crippen LogP contribution in [-0.2, 0) is 11.5 Å². The molecule has 0 heterocycles. The number of nitrogens with two attached hydrogens (primary N) is 1. The summed E-state index contributed by atoms with van der Waals surface area (Å²) in [6, 6.07) is 0. The van der Waals surface area contributed by atoms with E-state index in [0.29, 0.717) is 0 Å². The van der Waals surface area contributed by atoms with Crippen molar-refractivity contribution in [2.45, 2.75) is 0 Å². The van der Waals surface area contributed by atoms with Gasteiger partial charge in [-0.1, -0.05) is 0 Å². The third-order valence-electron chi connectivity index (χ3n) is 0.184. The minimum atomic E-state index is -1.71. The van der Waals surface area contributed by atoms with E-state index in [0.717, 1.165) is 0 Å². The van der Waals surface area contributed by atoms with E-state index in [2.05, 4.69) is 10.4 Å². The monoisotopic (exact) mass is 108 g/mol. The highest BCUT2D eigenvalue weighted by Gasteiger charge is 1.92. The minimum Gasteiger partial charge on any atom is -0.569 e. The van der Waals surface area contributed by atoms with E-state index in [1.54, 1.807) is 4.83 Å². The average molecular weight is 108 g/mol. The largest absolute Gasteiger partial charge is 0.569 e. The van der Waals surface area contributed by atoms with Crippen molar-refractivity contribution in [3.63, 3.8) is 0 Å². The Morgan fingerprint density at radius 1 is 2.00 bits per heavy atom. The van der Waals surface area contributed by atoms with Gasteiger partial charge < -0.3 is 4.55 Å². The zero-order chi connectivity index (χ0) is 4.99. The third kappa shape index (κ3) is 2.09. The molecule has 0 aliphatic heterocycles. The van der Waals surface area contributed by atoms with Crippen LogP contribution in [0.15, 0.2) is 4.52 Å². The molecule has 0 amide bonds. The summed E-state index contributed by atoms with van der Waals surface area (Å²) in [4.78, 5) is 1.73. The lowest BCUT2D eigenvalue weighted by Gasteiger charge is -1.90. The van der Waals surface area contributed by atoms with Crippen LogP contribution >= 0.6 is 0 Å². The van der Waals surface area contributed by atoms with Crippen molar-refractivity contribution in [1.82, 2.24) is 4.83 Å². The van der Waals surface area contributed by atoms with Crippen molar-refractivity contribution >= 4 is 11.5 Å². The van der Waals surface area contributed by atoms with E-state index in [4.69, 9.17) is 5.53 Å². The average Bonchev–Trinajstić information content (AvgIpc) is 1.65. The predicted molar refractivity (Wildman–Crippen MR) is 20.6 cm³/mol. The fraction of sp³-hybridized carbons (Fsp3) is 0. The Labute approximate surface area is 37.8 Å². The van der Waals surface area contributed by atoms with Crippen LogP contribution in [-0.4, -0.2) is 4.55 Å². The summed E-state index contributed by atoms with van der Waals surface area (Å²) in [6.07, 6.45) is 0. The second-order valence-corrected chi connectivity index (χ2v) is 1.37. The van der Waals surface area contributed by atoms with Crippen molar-refractivity contribution in [2.75, 3.05) is 0 Å². The summed E-state index contributed by atoms with van der Waals surface area (Å²) in [6.45, 7) is 0. The highest BCUT2D eigenvalue weighted by Crippen LogP contribution is 1.75. The van der Waals surface area contributed by atoms with Crippen LogP contribution in [0.4, 0.5) is 0 Å². The molecule has 0 saturated carbocycles. The quantitative estimate of drug-likeness (QED) is 0.184. The standard InChI is InChI=1S/H4N4OS/c1-3-6(5)4-2/h1,4H,2H2. The van der Waals surface area contributed by atoms with Gasteiger partial charge in [0.15, 0.2) is 0 Å². The topological polar surface area (TPSA) is 97.3 Å². The van der Waals surface area contributed by atoms with Crippen molar-refractivity contribution in [2.24, 2.45) is 10.4 Å². The van der Waals surface area contributed by atoms with Crippen LogP contribution < -0.4 is 10.7 Å². The van der Waals surface area contributed by atoms with Gasteiger partial charge in [0.1, 0.15) is 0 Å². The molecular weight excluding hydrogens is 104 g/mol. The molecule has 0 spiro atoms. The van der Waals surface area contributed by atoms with E-state index in [1.165, 1.54) is 0 Å². The summed E-state index contributed by atoms with van der Waals surface area (Å²) in [7, 11) is 0. The Bertz CT molecular complexity index is 44.8. The molecule has 0 aromatic heterocycles. The third-order valence-corrected chi connectivity index (χ3v) is 0.551. The molecule has 0 bridgehead atoms. The maximum Gasteiger partial charge on any atom is 0.229 e. The minimum absolute atomic E-state index is 1.71. The molecule has 6 heavy (non-hydrogen) atoms. The van der Waals surface area contributed by atoms with Gasteiger partial charge in [-0.05, 0) is 4.83 Å². The van der Waals surface area contributed by atoms with Gasteiger partial charge in [0.25, 0.3) is 0 Å². The maximum absolute atomic E-state index is 9.70. The second kappa shape index (κ2) is 3.04. The first-order chi connectivity index (χ1) is 2.81. The number of hydrogen-bond acceptors (Lipinski definition) is 5. The van der Waals surface area contributed by atoms with Crippen LogP contribution in [0.3, 0.4) is 0 Å². The molecule has 4 N–H and O–H groups in total. The lowest BCUT2D eigenvalue weighted by atomic mass is 13.0. The lowest BCUT2D eigenvalue weighted by Crippen LogP contribution is -2.27. The first-order valence-electron chi connectivity index (χ1n) is 1.07. The van der Waals surface area contributed by atoms with Gasteiger partial charge in [-0.3, -0.25) is 0 Å². The first kappa shape index (κ1) is 5.83. The molecule has 36 valence electrons. The molecule has 5 nitrogen and oxygen atoms in total. The summed E-state index contributed by atoms with van der Waals surface area (Å²) in [5.74, 6) is 4.52. The SMILES string of the molecule is N=N[S+]([O-])NN. The summed E-state index contributed by atoms with van der Waals surface area (Å²) < 4.78 is 12.2. The molecule has 1 atom stereocenters. The van der Waals surface area contributed by atoms with Crippen molar-refractivity contribution < 1.29 is 4.55 Å². The fourth-order valence-electron chi connectivity index (χ4n) is 0.0264. The van der Waals surface area contributed by atoms with E-state index >= 15 is 0 Å². The van der Waals surface area contributed by atoms with Gasteiger partial charge in [0.05, 0.1) is 4.52 Å². The van der Waals surface area contributed by atoms with Crippen molar-refractivity contribution in [3.05, 3.63) is 0 Å². The molecule has 0 fully saturated rings. The summed E-state index contributed by atoms with van der Waals surface area (Å²) in [5.41, 5.74) is 5.99.